The van der Waals surface area contributed by atoms with Crippen molar-refractivity contribution in [1.29, 1.82) is 0 Å². The van der Waals surface area contributed by atoms with Crippen molar-refractivity contribution in [1.82, 2.24) is 25.0 Å². The molecule has 2 aromatic heterocycles. The van der Waals surface area contributed by atoms with E-state index < -0.39 is 0 Å². The van der Waals surface area contributed by atoms with Gasteiger partial charge in [-0.3, -0.25) is 14.7 Å². The van der Waals surface area contributed by atoms with E-state index in [2.05, 4.69) is 31.0 Å². The van der Waals surface area contributed by atoms with Crippen molar-refractivity contribution in [3.8, 4) is 5.69 Å². The molecular formula is C22H22ClN7OS2. The molecule has 0 radical (unpaired) electrons. The largest absolute Gasteiger partial charge is 0.378 e. The third-order valence-corrected chi connectivity index (χ3v) is 7.00. The predicted octanol–water partition coefficient (Wildman–Crippen LogP) is 4.99. The van der Waals surface area contributed by atoms with Gasteiger partial charge in [0, 0.05) is 16.4 Å². The van der Waals surface area contributed by atoms with Crippen LogP contribution in [-0.4, -0.2) is 36.6 Å². The third-order valence-electron chi connectivity index (χ3n) is 4.69. The highest BCUT2D eigenvalue weighted by molar-refractivity contribution is 7.99. The average Bonchev–Trinajstić information content (AvgIpc) is 3.45. The molecule has 0 aliphatic carbocycles. The zero-order chi connectivity index (χ0) is 23.2. The predicted molar refractivity (Wildman–Crippen MR) is 134 cm³/mol. The maximum Gasteiger partial charge on any atom is 0.236 e. The lowest BCUT2D eigenvalue weighted by molar-refractivity contribution is -0.113. The Hall–Kier alpha value is -2.95. The van der Waals surface area contributed by atoms with Crippen molar-refractivity contribution >= 4 is 51.4 Å². The zero-order valence-electron chi connectivity index (χ0n) is 18.1. The molecule has 170 valence electrons. The van der Waals surface area contributed by atoms with Crippen LogP contribution in [0.15, 0.2) is 53.7 Å². The molecule has 2 N–H and O–H groups in total. The molecule has 0 unspecified atom stereocenters. The molecule has 11 heteroatoms. The van der Waals surface area contributed by atoms with Crippen LogP contribution in [0.1, 0.15) is 23.3 Å². The monoisotopic (exact) mass is 499 g/mol. The molecule has 4 aromatic rings. The van der Waals surface area contributed by atoms with E-state index in [-0.39, 0.29) is 11.7 Å². The summed E-state index contributed by atoms with van der Waals surface area (Å²) in [5.74, 6) is 0.723. The van der Waals surface area contributed by atoms with E-state index in [1.807, 2.05) is 66.9 Å². The molecule has 1 amide bonds. The summed E-state index contributed by atoms with van der Waals surface area (Å²) in [4.78, 5) is 12.4. The fourth-order valence-electron chi connectivity index (χ4n) is 2.96. The average molecular weight is 500 g/mol. The molecule has 0 aliphatic rings. The number of hydrogen-bond donors (Lipinski definition) is 2. The lowest BCUT2D eigenvalue weighted by Gasteiger charge is -2.12. The smallest absolute Gasteiger partial charge is 0.236 e. The molecule has 4 rings (SSSR count). The fourth-order valence-corrected chi connectivity index (χ4v) is 4.61. The van der Waals surface area contributed by atoms with Crippen LogP contribution in [-0.2, 0) is 17.8 Å². The molecule has 0 fully saturated rings. The fraction of sp³-hybridized carbons (Fsp3) is 0.227. The maximum absolute atomic E-state index is 12.4. The van der Waals surface area contributed by atoms with E-state index in [0.717, 1.165) is 34.2 Å². The maximum atomic E-state index is 12.4. The first-order valence-electron chi connectivity index (χ1n) is 10.3. The number of nitrogens with one attached hydrogen (secondary N) is 2. The van der Waals surface area contributed by atoms with Crippen LogP contribution >= 0.6 is 34.7 Å². The normalized spacial score (nSPS) is 10.9. The van der Waals surface area contributed by atoms with E-state index in [1.54, 1.807) is 0 Å². The number of anilines is 2. The Morgan fingerprint density at radius 3 is 2.67 bits per heavy atom. The number of benzene rings is 2. The summed E-state index contributed by atoms with van der Waals surface area (Å²) < 4.78 is 1.95. The van der Waals surface area contributed by atoms with Crippen molar-refractivity contribution in [2.24, 2.45) is 0 Å². The zero-order valence-corrected chi connectivity index (χ0v) is 20.5. The van der Waals surface area contributed by atoms with Gasteiger partial charge in [-0.05, 0) is 43.2 Å². The number of aryl methyl sites for hydroxylation is 2. The lowest BCUT2D eigenvalue weighted by Crippen LogP contribution is -2.14. The number of rotatable bonds is 9. The van der Waals surface area contributed by atoms with E-state index in [9.17, 15) is 4.79 Å². The molecule has 0 atom stereocenters. The number of para-hydroxylation sites is 1. The SMILES string of the molecule is CCc1nnc(NC(=O)CSc2nnc(CNc3ccc(C)c(Cl)c3)n2-c2ccccc2)s1. The van der Waals surface area contributed by atoms with Crippen molar-refractivity contribution in [2.45, 2.75) is 32.0 Å². The Labute approximate surface area is 204 Å². The van der Waals surface area contributed by atoms with Crippen LogP contribution in [0.3, 0.4) is 0 Å². The highest BCUT2D eigenvalue weighted by atomic mass is 35.5. The molecule has 8 nitrogen and oxygen atoms in total. The van der Waals surface area contributed by atoms with Crippen molar-refractivity contribution in [3.05, 3.63) is 69.9 Å². The van der Waals surface area contributed by atoms with E-state index in [4.69, 9.17) is 11.6 Å². The first-order valence-corrected chi connectivity index (χ1v) is 12.5. The number of hydrogen-bond acceptors (Lipinski definition) is 8. The molecule has 0 spiro atoms. The molecule has 0 saturated heterocycles. The minimum absolute atomic E-state index is 0.171. The summed E-state index contributed by atoms with van der Waals surface area (Å²) in [7, 11) is 0. The van der Waals surface area contributed by atoms with Gasteiger partial charge in [0.2, 0.25) is 11.0 Å². The van der Waals surface area contributed by atoms with Gasteiger partial charge < -0.3 is 5.32 Å². The van der Waals surface area contributed by atoms with Gasteiger partial charge >= 0.3 is 0 Å². The van der Waals surface area contributed by atoms with Gasteiger partial charge in [0.05, 0.1) is 12.3 Å². The summed E-state index contributed by atoms with van der Waals surface area (Å²) in [6.07, 6.45) is 0.786. The Balaban J connectivity index is 1.48. The van der Waals surface area contributed by atoms with E-state index in [0.29, 0.717) is 21.9 Å². The molecular weight excluding hydrogens is 478 g/mol. The third kappa shape index (κ3) is 5.89. The second-order valence-electron chi connectivity index (χ2n) is 7.08. The summed E-state index contributed by atoms with van der Waals surface area (Å²) >= 11 is 8.94. The molecule has 0 bridgehead atoms. The molecule has 0 saturated carbocycles. The van der Waals surface area contributed by atoms with Crippen LogP contribution in [0.25, 0.3) is 5.69 Å². The quantitative estimate of drug-likeness (QED) is 0.313. The number of amides is 1. The lowest BCUT2D eigenvalue weighted by atomic mass is 10.2. The Bertz CT molecular complexity index is 1240. The van der Waals surface area contributed by atoms with Gasteiger partial charge in [-0.1, -0.05) is 65.9 Å². The molecule has 2 aromatic carbocycles. The van der Waals surface area contributed by atoms with Gasteiger partial charge in [0.1, 0.15) is 5.01 Å². The Kier molecular flexibility index (Phi) is 7.58. The molecule has 33 heavy (non-hydrogen) atoms. The topological polar surface area (TPSA) is 97.6 Å². The summed E-state index contributed by atoms with van der Waals surface area (Å²) in [6, 6.07) is 15.6. The summed E-state index contributed by atoms with van der Waals surface area (Å²) in [5.41, 5.74) is 2.83. The highest BCUT2D eigenvalue weighted by Crippen LogP contribution is 2.24. The minimum Gasteiger partial charge on any atom is -0.378 e. The van der Waals surface area contributed by atoms with E-state index >= 15 is 0 Å². The van der Waals surface area contributed by atoms with Crippen LogP contribution < -0.4 is 10.6 Å². The first kappa shape index (κ1) is 23.2. The van der Waals surface area contributed by atoms with Gasteiger partial charge in [-0.25, -0.2) is 0 Å². The Morgan fingerprint density at radius 1 is 1.12 bits per heavy atom. The van der Waals surface area contributed by atoms with Crippen molar-refractivity contribution in [3.63, 3.8) is 0 Å². The molecule has 2 heterocycles. The van der Waals surface area contributed by atoms with Crippen molar-refractivity contribution in [2.75, 3.05) is 16.4 Å². The number of carbonyl (C=O) groups is 1. The summed E-state index contributed by atoms with van der Waals surface area (Å²) in [6.45, 7) is 4.41. The van der Waals surface area contributed by atoms with Gasteiger partial charge in [-0.2, -0.15) is 0 Å². The second-order valence-corrected chi connectivity index (χ2v) is 9.49. The number of carbonyl (C=O) groups excluding carboxylic acids is 1. The van der Waals surface area contributed by atoms with Crippen molar-refractivity contribution < 1.29 is 4.79 Å². The van der Waals surface area contributed by atoms with Gasteiger partial charge in [-0.15, -0.1) is 20.4 Å². The van der Waals surface area contributed by atoms with Gasteiger partial charge in [0.15, 0.2) is 11.0 Å². The molecule has 0 aliphatic heterocycles. The highest BCUT2D eigenvalue weighted by Gasteiger charge is 2.16. The Morgan fingerprint density at radius 2 is 1.94 bits per heavy atom. The first-order chi connectivity index (χ1) is 16.0. The van der Waals surface area contributed by atoms with Crippen LogP contribution in [0.5, 0.6) is 0 Å². The minimum atomic E-state index is -0.171. The number of nitrogens with zero attached hydrogens (tertiary/aromatic N) is 5. The standard InChI is InChI=1S/C22H22ClN7OS2/c1-3-20-27-28-21(33-20)25-19(31)13-32-22-29-26-18(30(22)16-7-5-4-6-8-16)12-24-15-10-9-14(2)17(23)11-15/h4-11,24H,3,12-13H2,1-2H3,(H,25,28,31). The van der Waals surface area contributed by atoms with Crippen LogP contribution in [0.4, 0.5) is 10.8 Å². The number of thioether (sulfide) groups is 1. The van der Waals surface area contributed by atoms with Crippen LogP contribution in [0, 0.1) is 6.92 Å². The van der Waals surface area contributed by atoms with Crippen LogP contribution in [0.2, 0.25) is 5.02 Å². The second kappa shape index (κ2) is 10.8. The number of aromatic nitrogens is 5. The van der Waals surface area contributed by atoms with Gasteiger partial charge in [0.25, 0.3) is 0 Å². The van der Waals surface area contributed by atoms with E-state index in [1.165, 1.54) is 23.1 Å². The summed E-state index contributed by atoms with van der Waals surface area (Å²) in [5, 5.41) is 25.6. The number of halogens is 1.